The van der Waals surface area contributed by atoms with Crippen LogP contribution >= 0.6 is 0 Å². The highest BCUT2D eigenvalue weighted by Gasteiger charge is 2.22. The summed E-state index contributed by atoms with van der Waals surface area (Å²) in [7, 11) is 0. The van der Waals surface area contributed by atoms with Gasteiger partial charge in [0.15, 0.2) is 0 Å². The lowest BCUT2D eigenvalue weighted by Gasteiger charge is -2.27. The van der Waals surface area contributed by atoms with Crippen LogP contribution in [-0.4, -0.2) is 12.6 Å². The van der Waals surface area contributed by atoms with E-state index in [1.54, 1.807) is 16.7 Å². The van der Waals surface area contributed by atoms with Crippen LogP contribution in [0.3, 0.4) is 0 Å². The number of nitrogens with one attached hydrogen (secondary N) is 1. The van der Waals surface area contributed by atoms with Crippen molar-refractivity contribution in [1.82, 2.24) is 5.32 Å². The van der Waals surface area contributed by atoms with E-state index in [0.29, 0.717) is 6.04 Å². The Hall–Kier alpha value is -0.820. The lowest BCUT2D eigenvalue weighted by atomic mass is 9.87. The highest BCUT2D eigenvalue weighted by molar-refractivity contribution is 5.35. The van der Waals surface area contributed by atoms with Gasteiger partial charge >= 0.3 is 0 Å². The molecule has 2 aliphatic rings. The summed E-state index contributed by atoms with van der Waals surface area (Å²) >= 11 is 0. The minimum atomic E-state index is 0.688. The van der Waals surface area contributed by atoms with Gasteiger partial charge in [0.25, 0.3) is 0 Å². The summed E-state index contributed by atoms with van der Waals surface area (Å²) < 4.78 is 0. The Bertz CT molecular complexity index is 443. The molecule has 1 fully saturated rings. The highest BCUT2D eigenvalue weighted by Crippen LogP contribution is 2.28. The van der Waals surface area contributed by atoms with E-state index in [-0.39, 0.29) is 0 Å². The first-order valence-electron chi connectivity index (χ1n) is 9.21. The minimum absolute atomic E-state index is 0.688. The fourth-order valence-electron chi connectivity index (χ4n) is 4.39. The Balaban J connectivity index is 1.69. The Kier molecular flexibility index (Phi) is 5.35. The van der Waals surface area contributed by atoms with Gasteiger partial charge in [-0.1, -0.05) is 50.8 Å². The van der Waals surface area contributed by atoms with E-state index in [4.69, 9.17) is 0 Å². The van der Waals surface area contributed by atoms with Gasteiger partial charge in [0.1, 0.15) is 0 Å². The maximum absolute atomic E-state index is 3.80. The predicted molar refractivity (Wildman–Crippen MR) is 90.8 cm³/mol. The third-order valence-corrected chi connectivity index (χ3v) is 5.55. The second-order valence-corrected chi connectivity index (χ2v) is 7.08. The molecule has 1 nitrogen and oxygen atoms in total. The topological polar surface area (TPSA) is 12.0 Å². The standard InChI is InChI=1S/C20H31N/c1-2-21-20(18-8-5-3-4-6-9-18)15-16-12-13-17-10-7-11-19(17)14-16/h12-14,18,20-21H,2-11,15H2,1H3. The maximum Gasteiger partial charge on any atom is 0.0136 e. The summed E-state index contributed by atoms with van der Waals surface area (Å²) in [6.45, 7) is 3.36. The number of rotatable bonds is 5. The van der Waals surface area contributed by atoms with Crippen LogP contribution in [-0.2, 0) is 19.3 Å². The molecule has 0 radical (unpaired) electrons. The fourth-order valence-corrected chi connectivity index (χ4v) is 4.39. The second kappa shape index (κ2) is 7.45. The molecule has 0 heterocycles. The van der Waals surface area contributed by atoms with Crippen molar-refractivity contribution in [2.75, 3.05) is 6.54 Å². The quantitative estimate of drug-likeness (QED) is 0.775. The number of hydrogen-bond donors (Lipinski definition) is 1. The molecular weight excluding hydrogens is 254 g/mol. The zero-order valence-electron chi connectivity index (χ0n) is 13.7. The summed E-state index contributed by atoms with van der Waals surface area (Å²) in [6.07, 6.45) is 13.8. The minimum Gasteiger partial charge on any atom is -0.314 e. The largest absolute Gasteiger partial charge is 0.314 e. The molecular formula is C20H31N. The van der Waals surface area contributed by atoms with Crippen LogP contribution in [0.25, 0.3) is 0 Å². The second-order valence-electron chi connectivity index (χ2n) is 7.08. The van der Waals surface area contributed by atoms with Gasteiger partial charge in [-0.3, -0.25) is 0 Å². The zero-order chi connectivity index (χ0) is 14.5. The van der Waals surface area contributed by atoms with Crippen LogP contribution in [0.1, 0.15) is 68.6 Å². The van der Waals surface area contributed by atoms with Gasteiger partial charge in [0.05, 0.1) is 0 Å². The molecule has 1 saturated carbocycles. The molecule has 1 atom stereocenters. The number of benzene rings is 1. The van der Waals surface area contributed by atoms with Gasteiger partial charge in [-0.2, -0.15) is 0 Å². The van der Waals surface area contributed by atoms with E-state index in [1.165, 1.54) is 64.2 Å². The molecule has 3 rings (SSSR count). The fraction of sp³-hybridized carbons (Fsp3) is 0.700. The van der Waals surface area contributed by atoms with Crippen molar-refractivity contribution in [1.29, 1.82) is 0 Å². The van der Waals surface area contributed by atoms with Gasteiger partial charge in [0, 0.05) is 6.04 Å². The van der Waals surface area contributed by atoms with Crippen LogP contribution in [0, 0.1) is 5.92 Å². The van der Waals surface area contributed by atoms with E-state index in [2.05, 4.69) is 30.4 Å². The lowest BCUT2D eigenvalue weighted by molar-refractivity contribution is 0.321. The third-order valence-electron chi connectivity index (χ3n) is 5.55. The summed E-state index contributed by atoms with van der Waals surface area (Å²) in [5.74, 6) is 0.890. The molecule has 0 aliphatic heterocycles. The average molecular weight is 285 g/mol. The van der Waals surface area contributed by atoms with Crippen LogP contribution < -0.4 is 5.32 Å². The molecule has 1 aromatic carbocycles. The van der Waals surface area contributed by atoms with Crippen LogP contribution in [0.5, 0.6) is 0 Å². The highest BCUT2D eigenvalue weighted by atomic mass is 14.9. The van der Waals surface area contributed by atoms with Crippen molar-refractivity contribution in [2.45, 2.75) is 77.2 Å². The first-order valence-corrected chi connectivity index (χ1v) is 9.21. The molecule has 1 aromatic rings. The summed E-state index contributed by atoms with van der Waals surface area (Å²) in [5.41, 5.74) is 4.79. The van der Waals surface area contributed by atoms with Gasteiger partial charge in [-0.15, -0.1) is 0 Å². The molecule has 0 bridgehead atoms. The summed E-state index contributed by atoms with van der Waals surface area (Å²) in [6, 6.07) is 7.98. The first-order chi connectivity index (χ1) is 10.4. The van der Waals surface area contributed by atoms with Crippen molar-refractivity contribution in [3.8, 4) is 0 Å². The van der Waals surface area contributed by atoms with E-state index >= 15 is 0 Å². The molecule has 21 heavy (non-hydrogen) atoms. The molecule has 0 spiro atoms. The Labute approximate surface area is 130 Å². The van der Waals surface area contributed by atoms with Crippen molar-refractivity contribution in [3.05, 3.63) is 34.9 Å². The number of fused-ring (bicyclic) bond motifs is 1. The maximum atomic E-state index is 3.80. The normalized spacial score (nSPS) is 21.0. The van der Waals surface area contributed by atoms with E-state index in [0.717, 1.165) is 12.5 Å². The van der Waals surface area contributed by atoms with Crippen LogP contribution in [0.15, 0.2) is 18.2 Å². The lowest BCUT2D eigenvalue weighted by Crippen LogP contribution is -2.38. The Morgan fingerprint density at radius 3 is 2.52 bits per heavy atom. The van der Waals surface area contributed by atoms with Crippen molar-refractivity contribution in [2.24, 2.45) is 5.92 Å². The molecule has 0 saturated heterocycles. The van der Waals surface area contributed by atoms with Crippen molar-refractivity contribution < 1.29 is 0 Å². The Morgan fingerprint density at radius 1 is 1.00 bits per heavy atom. The molecule has 0 amide bonds. The first kappa shape index (κ1) is 15.1. The SMILES string of the molecule is CCNC(Cc1ccc2c(c1)CCC2)C1CCCCCC1. The molecule has 1 unspecified atom stereocenters. The van der Waals surface area contributed by atoms with Crippen molar-refractivity contribution in [3.63, 3.8) is 0 Å². The molecule has 1 N–H and O–H groups in total. The molecule has 2 aliphatic carbocycles. The van der Waals surface area contributed by atoms with Crippen molar-refractivity contribution >= 4 is 0 Å². The molecule has 1 heteroatoms. The van der Waals surface area contributed by atoms with Gasteiger partial charge < -0.3 is 5.32 Å². The van der Waals surface area contributed by atoms with E-state index < -0.39 is 0 Å². The molecule has 0 aromatic heterocycles. The van der Waals surface area contributed by atoms with Gasteiger partial charge in [-0.25, -0.2) is 0 Å². The van der Waals surface area contributed by atoms with Crippen LogP contribution in [0.2, 0.25) is 0 Å². The summed E-state index contributed by atoms with van der Waals surface area (Å²) in [5, 5.41) is 3.80. The predicted octanol–water partition coefficient (Wildman–Crippen LogP) is 4.67. The smallest absolute Gasteiger partial charge is 0.0136 e. The van der Waals surface area contributed by atoms with E-state index in [1.807, 2.05) is 0 Å². The molecule has 116 valence electrons. The average Bonchev–Trinajstić information content (AvgIpc) is 2.79. The van der Waals surface area contributed by atoms with Crippen LogP contribution in [0.4, 0.5) is 0 Å². The zero-order valence-corrected chi connectivity index (χ0v) is 13.7. The Morgan fingerprint density at radius 2 is 1.76 bits per heavy atom. The number of likely N-dealkylation sites (N-methyl/N-ethyl adjacent to an activating group) is 1. The summed E-state index contributed by atoms with van der Waals surface area (Å²) in [4.78, 5) is 0. The number of aryl methyl sites for hydroxylation is 2. The van der Waals surface area contributed by atoms with Gasteiger partial charge in [0.2, 0.25) is 0 Å². The van der Waals surface area contributed by atoms with Gasteiger partial charge in [-0.05, 0) is 67.7 Å². The number of hydrogen-bond acceptors (Lipinski definition) is 1. The van der Waals surface area contributed by atoms with E-state index in [9.17, 15) is 0 Å². The monoisotopic (exact) mass is 285 g/mol. The third kappa shape index (κ3) is 3.88.